The molecule has 5 rings (SSSR count). The van der Waals surface area contributed by atoms with Crippen molar-refractivity contribution in [2.45, 2.75) is 90.9 Å². The van der Waals surface area contributed by atoms with E-state index in [9.17, 15) is 9.59 Å². The predicted molar refractivity (Wildman–Crippen MR) is 208 cm³/mol. The maximum atomic E-state index is 12.7. The number of hydrogen-bond acceptors (Lipinski definition) is 8. The molecule has 0 aliphatic heterocycles. The average molecular weight is 718 g/mol. The predicted octanol–water partition coefficient (Wildman–Crippen LogP) is 11.9. The van der Waals surface area contributed by atoms with Gasteiger partial charge in [0.05, 0.1) is 30.5 Å². The lowest BCUT2D eigenvalue weighted by atomic mass is 10.1. The van der Waals surface area contributed by atoms with Crippen LogP contribution in [0.1, 0.15) is 112 Å². The zero-order chi connectivity index (χ0) is 37.1. The van der Waals surface area contributed by atoms with Crippen LogP contribution in [0.3, 0.4) is 0 Å². The van der Waals surface area contributed by atoms with Crippen LogP contribution >= 0.6 is 0 Å². The van der Waals surface area contributed by atoms with Gasteiger partial charge in [0.25, 0.3) is 0 Å². The molecule has 278 valence electrons. The van der Waals surface area contributed by atoms with E-state index >= 15 is 0 Å². The fraction of sp³-hybridized carbons (Fsp3) is 0.356. The first-order chi connectivity index (χ1) is 26.0. The van der Waals surface area contributed by atoms with Gasteiger partial charge in [0.2, 0.25) is 5.89 Å². The summed E-state index contributed by atoms with van der Waals surface area (Å²) in [4.78, 5) is 29.9. The summed E-state index contributed by atoms with van der Waals surface area (Å²) < 4.78 is 28.8. The van der Waals surface area contributed by atoms with Gasteiger partial charge in [-0.1, -0.05) is 78.1 Å². The molecule has 5 aromatic rings. The maximum absolute atomic E-state index is 12.7. The Morgan fingerprint density at radius 1 is 0.491 bits per heavy atom. The van der Waals surface area contributed by atoms with E-state index in [1.165, 1.54) is 64.2 Å². The number of benzene rings is 4. The van der Waals surface area contributed by atoms with E-state index in [-0.39, 0.29) is 0 Å². The van der Waals surface area contributed by atoms with Crippen LogP contribution in [0, 0.1) is 0 Å². The molecule has 0 N–H and O–H groups in total. The minimum atomic E-state index is -0.450. The van der Waals surface area contributed by atoms with Crippen molar-refractivity contribution in [2.24, 2.45) is 0 Å². The third kappa shape index (κ3) is 12.7. The number of hydrogen-bond donors (Lipinski definition) is 0. The van der Waals surface area contributed by atoms with Gasteiger partial charge in [0.15, 0.2) is 5.76 Å². The van der Waals surface area contributed by atoms with E-state index in [1.54, 1.807) is 91.1 Å². The number of carbonyl (C=O) groups is 2. The summed E-state index contributed by atoms with van der Waals surface area (Å²) in [6.07, 6.45) is 16.1. The lowest BCUT2D eigenvalue weighted by Crippen LogP contribution is -2.08. The molecule has 0 aliphatic carbocycles. The van der Waals surface area contributed by atoms with Gasteiger partial charge < -0.3 is 23.4 Å². The maximum Gasteiger partial charge on any atom is 0.343 e. The average Bonchev–Trinajstić information content (AvgIpc) is 3.69. The lowest BCUT2D eigenvalue weighted by molar-refractivity contribution is 0.0725. The largest absolute Gasteiger partial charge is 0.494 e. The van der Waals surface area contributed by atoms with Crippen LogP contribution in [0.5, 0.6) is 23.0 Å². The number of ether oxygens (including phenoxy) is 4. The van der Waals surface area contributed by atoms with Crippen molar-refractivity contribution >= 4 is 11.9 Å². The van der Waals surface area contributed by atoms with Gasteiger partial charge >= 0.3 is 11.9 Å². The summed E-state index contributed by atoms with van der Waals surface area (Å²) in [6, 6.07) is 28.1. The molecular formula is C45H51NO7. The van der Waals surface area contributed by atoms with Gasteiger partial charge in [-0.3, -0.25) is 0 Å². The van der Waals surface area contributed by atoms with Crippen LogP contribution < -0.4 is 18.9 Å². The van der Waals surface area contributed by atoms with Gasteiger partial charge in [-0.25, -0.2) is 14.6 Å². The summed E-state index contributed by atoms with van der Waals surface area (Å²) >= 11 is 0. The molecule has 0 saturated carbocycles. The van der Waals surface area contributed by atoms with E-state index in [0.717, 1.165) is 35.5 Å². The number of aromatic nitrogens is 1. The monoisotopic (exact) mass is 717 g/mol. The molecule has 0 amide bonds. The summed E-state index contributed by atoms with van der Waals surface area (Å²) in [5.41, 5.74) is 2.39. The first kappa shape index (κ1) is 38.9. The van der Waals surface area contributed by atoms with Gasteiger partial charge in [-0.15, -0.1) is 0 Å². The van der Waals surface area contributed by atoms with Crippen LogP contribution in [0.4, 0.5) is 0 Å². The minimum Gasteiger partial charge on any atom is -0.494 e. The van der Waals surface area contributed by atoms with Crippen LogP contribution in [0.15, 0.2) is 108 Å². The number of oxazole rings is 1. The third-order valence-corrected chi connectivity index (χ3v) is 8.88. The van der Waals surface area contributed by atoms with Crippen LogP contribution in [-0.4, -0.2) is 30.1 Å². The van der Waals surface area contributed by atoms with Crippen molar-refractivity contribution in [1.29, 1.82) is 0 Å². The molecule has 53 heavy (non-hydrogen) atoms. The third-order valence-electron chi connectivity index (χ3n) is 8.88. The van der Waals surface area contributed by atoms with E-state index in [1.807, 2.05) is 12.1 Å². The van der Waals surface area contributed by atoms with Crippen molar-refractivity contribution in [3.8, 4) is 45.8 Å². The van der Waals surface area contributed by atoms with E-state index in [0.29, 0.717) is 47.5 Å². The fourth-order valence-electron chi connectivity index (χ4n) is 5.75. The summed E-state index contributed by atoms with van der Waals surface area (Å²) in [5, 5.41) is 0. The number of carbonyl (C=O) groups excluding carboxylic acids is 2. The van der Waals surface area contributed by atoms with E-state index in [2.05, 4.69) is 18.8 Å². The van der Waals surface area contributed by atoms with Crippen LogP contribution in [0.25, 0.3) is 22.8 Å². The molecular weight excluding hydrogens is 666 g/mol. The summed E-state index contributed by atoms with van der Waals surface area (Å²) in [7, 11) is 0. The Kier molecular flexibility index (Phi) is 15.6. The number of nitrogens with zero attached hydrogens (tertiary/aromatic N) is 1. The van der Waals surface area contributed by atoms with Crippen LogP contribution in [-0.2, 0) is 0 Å². The van der Waals surface area contributed by atoms with Gasteiger partial charge in [0.1, 0.15) is 23.0 Å². The first-order valence-corrected chi connectivity index (χ1v) is 19.1. The van der Waals surface area contributed by atoms with Crippen LogP contribution in [0.2, 0.25) is 0 Å². The Hall–Kier alpha value is -5.37. The lowest BCUT2D eigenvalue weighted by Gasteiger charge is -2.08. The molecule has 0 unspecified atom stereocenters. The minimum absolute atomic E-state index is 0.409. The molecule has 0 fully saturated rings. The quantitative estimate of drug-likeness (QED) is 0.0396. The van der Waals surface area contributed by atoms with Gasteiger partial charge in [-0.2, -0.15) is 0 Å². The van der Waals surface area contributed by atoms with Gasteiger partial charge in [0, 0.05) is 11.1 Å². The SMILES string of the molecule is CCCCCCCCOc1ccc(C(=O)Oc2ccc(-c3cnc(-c4ccc(OC(=O)c5ccc(OCCCCCCCC)cc5)cc4)o3)cc2)cc1. The fourth-order valence-corrected chi connectivity index (χ4v) is 5.75. The normalized spacial score (nSPS) is 10.9. The zero-order valence-corrected chi connectivity index (χ0v) is 31.0. The smallest absolute Gasteiger partial charge is 0.343 e. The number of rotatable bonds is 22. The molecule has 0 bridgehead atoms. The van der Waals surface area contributed by atoms with Crippen molar-refractivity contribution in [1.82, 2.24) is 4.98 Å². The zero-order valence-electron chi connectivity index (χ0n) is 31.0. The Morgan fingerprint density at radius 2 is 0.887 bits per heavy atom. The van der Waals surface area contributed by atoms with Gasteiger partial charge in [-0.05, 0) is 110 Å². The standard InChI is InChI=1S/C45H51NO7/c1-3-5-7-9-11-13-31-49-38-23-19-36(20-24-38)44(47)51-40-27-15-34(16-28-40)42-33-46-43(53-42)35-17-29-41(30-18-35)52-45(48)37-21-25-39(26-22-37)50-32-14-12-10-8-6-4-2/h15-30,33H,3-14,31-32H2,1-2H3. The van der Waals surface area contributed by atoms with Crippen molar-refractivity contribution in [2.75, 3.05) is 13.2 Å². The molecule has 4 aromatic carbocycles. The molecule has 0 aliphatic rings. The number of unbranched alkanes of at least 4 members (excludes halogenated alkanes) is 10. The van der Waals surface area contributed by atoms with E-state index in [4.69, 9.17) is 23.4 Å². The second-order valence-electron chi connectivity index (χ2n) is 13.1. The highest BCUT2D eigenvalue weighted by atomic mass is 16.5. The Labute approximate surface area is 313 Å². The van der Waals surface area contributed by atoms with Crippen molar-refractivity contribution < 1.29 is 33.0 Å². The Morgan fingerprint density at radius 3 is 1.34 bits per heavy atom. The molecule has 8 heteroatoms. The molecule has 1 aromatic heterocycles. The molecule has 1 heterocycles. The first-order valence-electron chi connectivity index (χ1n) is 19.1. The molecule has 8 nitrogen and oxygen atoms in total. The highest BCUT2D eigenvalue weighted by Gasteiger charge is 2.13. The van der Waals surface area contributed by atoms with Crippen molar-refractivity contribution in [3.63, 3.8) is 0 Å². The second-order valence-corrected chi connectivity index (χ2v) is 13.1. The van der Waals surface area contributed by atoms with Crippen molar-refractivity contribution in [3.05, 3.63) is 114 Å². The van der Waals surface area contributed by atoms with E-state index < -0.39 is 11.9 Å². The Balaban J connectivity index is 1.05. The molecule has 0 saturated heterocycles. The highest BCUT2D eigenvalue weighted by Crippen LogP contribution is 2.29. The summed E-state index contributed by atoms with van der Waals surface area (Å²) in [5.74, 6) is 2.39. The molecule has 0 spiro atoms. The highest BCUT2D eigenvalue weighted by molar-refractivity contribution is 5.91. The Bertz CT molecular complexity index is 1680. The topological polar surface area (TPSA) is 97.1 Å². The summed E-state index contributed by atoms with van der Waals surface area (Å²) in [6.45, 7) is 5.78. The molecule has 0 radical (unpaired) electrons. The number of esters is 2. The second kappa shape index (κ2) is 21.2. The molecule has 0 atom stereocenters.